The Balaban J connectivity index is 2.35. The second-order valence-corrected chi connectivity index (χ2v) is 4.04. The molecule has 0 amide bonds. The third kappa shape index (κ3) is 2.42. The number of aromatic nitrogens is 3. The van der Waals surface area contributed by atoms with Crippen LogP contribution in [0.5, 0.6) is 0 Å². The molecule has 0 fully saturated rings. The topological polar surface area (TPSA) is 81.1 Å². The van der Waals surface area contributed by atoms with E-state index < -0.39 is 0 Å². The predicted molar refractivity (Wildman–Crippen MR) is 64.5 cm³/mol. The first-order valence-corrected chi connectivity index (χ1v) is 5.31. The summed E-state index contributed by atoms with van der Waals surface area (Å²) < 4.78 is 5.06. The van der Waals surface area contributed by atoms with Crippen molar-refractivity contribution in [3.63, 3.8) is 0 Å². The quantitative estimate of drug-likeness (QED) is 0.858. The van der Waals surface area contributed by atoms with Crippen LogP contribution in [0.4, 0.5) is 5.82 Å². The summed E-state index contributed by atoms with van der Waals surface area (Å²) in [7, 11) is 3.85. The first kappa shape index (κ1) is 11.5. The van der Waals surface area contributed by atoms with Gasteiger partial charge in [0.1, 0.15) is 5.82 Å². The highest BCUT2D eigenvalue weighted by Gasteiger charge is 2.12. The normalized spacial score (nSPS) is 12.5. The molecule has 0 radical (unpaired) electrons. The largest absolute Gasteiger partial charge is 0.363 e. The number of nitrogens with two attached hydrogens (primary N) is 1. The average Bonchev–Trinajstić information content (AvgIpc) is 2.78. The Labute approximate surface area is 99.5 Å². The predicted octanol–water partition coefficient (Wildman–Crippen LogP) is 1.22. The molecular weight excluding hydrogens is 218 g/mol. The summed E-state index contributed by atoms with van der Waals surface area (Å²) in [5.41, 5.74) is 6.53. The number of rotatable bonds is 3. The van der Waals surface area contributed by atoms with Gasteiger partial charge in [-0.3, -0.25) is 0 Å². The monoisotopic (exact) mass is 233 g/mol. The van der Waals surface area contributed by atoms with Gasteiger partial charge in [-0.1, -0.05) is 5.16 Å². The summed E-state index contributed by atoms with van der Waals surface area (Å²) >= 11 is 0. The summed E-state index contributed by atoms with van der Waals surface area (Å²) in [6.07, 6.45) is 1.71. The van der Waals surface area contributed by atoms with Crippen molar-refractivity contribution in [3.8, 4) is 11.4 Å². The maximum absolute atomic E-state index is 5.67. The molecular formula is C11H15N5O. The smallest absolute Gasteiger partial charge is 0.243 e. The molecule has 6 nitrogen and oxygen atoms in total. The number of nitrogens with zero attached hydrogens (tertiary/aromatic N) is 4. The lowest BCUT2D eigenvalue weighted by Gasteiger charge is -2.10. The summed E-state index contributed by atoms with van der Waals surface area (Å²) in [6.45, 7) is 1.80. The molecule has 2 aromatic rings. The van der Waals surface area contributed by atoms with E-state index in [-0.39, 0.29) is 6.04 Å². The van der Waals surface area contributed by atoms with E-state index in [0.717, 1.165) is 11.4 Å². The number of anilines is 1. The lowest BCUT2D eigenvalue weighted by atomic mass is 10.2. The van der Waals surface area contributed by atoms with Gasteiger partial charge in [0.05, 0.1) is 6.04 Å². The van der Waals surface area contributed by atoms with Crippen LogP contribution in [0.2, 0.25) is 0 Å². The summed E-state index contributed by atoms with van der Waals surface area (Å²) in [4.78, 5) is 10.4. The lowest BCUT2D eigenvalue weighted by molar-refractivity contribution is 0.362. The molecule has 0 saturated heterocycles. The van der Waals surface area contributed by atoms with Crippen LogP contribution in [0.3, 0.4) is 0 Å². The van der Waals surface area contributed by atoms with Crippen molar-refractivity contribution in [2.75, 3.05) is 19.0 Å². The molecule has 0 aliphatic rings. The van der Waals surface area contributed by atoms with Crippen molar-refractivity contribution in [1.29, 1.82) is 0 Å². The Morgan fingerprint density at radius 2 is 2.18 bits per heavy atom. The molecule has 2 rings (SSSR count). The van der Waals surface area contributed by atoms with Crippen LogP contribution in [0.15, 0.2) is 22.9 Å². The van der Waals surface area contributed by atoms with Crippen LogP contribution in [-0.4, -0.2) is 29.2 Å². The van der Waals surface area contributed by atoms with Crippen molar-refractivity contribution in [2.45, 2.75) is 13.0 Å². The third-order valence-electron chi connectivity index (χ3n) is 2.29. The van der Waals surface area contributed by atoms with Crippen molar-refractivity contribution < 1.29 is 4.52 Å². The molecule has 2 heterocycles. The van der Waals surface area contributed by atoms with Crippen LogP contribution >= 0.6 is 0 Å². The zero-order valence-electron chi connectivity index (χ0n) is 10.1. The first-order valence-electron chi connectivity index (χ1n) is 5.31. The first-order chi connectivity index (χ1) is 8.08. The minimum absolute atomic E-state index is 0.258. The second-order valence-electron chi connectivity index (χ2n) is 4.04. The summed E-state index contributed by atoms with van der Waals surface area (Å²) in [6, 6.07) is 3.48. The van der Waals surface area contributed by atoms with E-state index in [1.165, 1.54) is 0 Å². The third-order valence-corrected chi connectivity index (χ3v) is 2.29. The highest BCUT2D eigenvalue weighted by Crippen LogP contribution is 2.20. The lowest BCUT2D eigenvalue weighted by Crippen LogP contribution is -2.10. The molecule has 90 valence electrons. The Kier molecular flexibility index (Phi) is 3.06. The fourth-order valence-electron chi connectivity index (χ4n) is 1.34. The van der Waals surface area contributed by atoms with E-state index >= 15 is 0 Å². The fourth-order valence-corrected chi connectivity index (χ4v) is 1.34. The standard InChI is InChI=1S/C11H15N5O/c1-7(12)11-14-10(15-17-11)8-4-5-13-9(6-8)16(2)3/h4-7H,12H2,1-3H3. The van der Waals surface area contributed by atoms with Gasteiger partial charge in [-0.15, -0.1) is 0 Å². The highest BCUT2D eigenvalue weighted by molar-refractivity contribution is 5.59. The van der Waals surface area contributed by atoms with Gasteiger partial charge in [0.25, 0.3) is 0 Å². The number of hydrogen-bond donors (Lipinski definition) is 1. The van der Waals surface area contributed by atoms with Gasteiger partial charge in [0.15, 0.2) is 0 Å². The van der Waals surface area contributed by atoms with Crippen molar-refractivity contribution in [1.82, 2.24) is 15.1 Å². The molecule has 0 saturated carbocycles. The van der Waals surface area contributed by atoms with Crippen LogP contribution in [0.1, 0.15) is 18.9 Å². The Bertz CT molecular complexity index is 506. The molecule has 0 aliphatic heterocycles. The van der Waals surface area contributed by atoms with E-state index in [0.29, 0.717) is 11.7 Å². The summed E-state index contributed by atoms with van der Waals surface area (Å²) in [5, 5.41) is 3.90. The molecule has 1 unspecified atom stereocenters. The maximum Gasteiger partial charge on any atom is 0.243 e. The van der Waals surface area contributed by atoms with Gasteiger partial charge >= 0.3 is 0 Å². The van der Waals surface area contributed by atoms with E-state index in [4.69, 9.17) is 10.3 Å². The molecule has 0 aromatic carbocycles. The van der Waals surface area contributed by atoms with Crippen LogP contribution in [-0.2, 0) is 0 Å². The van der Waals surface area contributed by atoms with E-state index in [1.54, 1.807) is 13.1 Å². The van der Waals surface area contributed by atoms with Crippen LogP contribution in [0, 0.1) is 0 Å². The highest BCUT2D eigenvalue weighted by atomic mass is 16.5. The van der Waals surface area contributed by atoms with E-state index in [9.17, 15) is 0 Å². The van der Waals surface area contributed by atoms with Gasteiger partial charge in [-0.05, 0) is 19.1 Å². The minimum Gasteiger partial charge on any atom is -0.363 e. The van der Waals surface area contributed by atoms with E-state index in [1.807, 2.05) is 31.1 Å². The van der Waals surface area contributed by atoms with Crippen molar-refractivity contribution in [2.24, 2.45) is 5.73 Å². The van der Waals surface area contributed by atoms with Gasteiger partial charge < -0.3 is 15.2 Å². The Hall–Kier alpha value is -1.95. The van der Waals surface area contributed by atoms with Gasteiger partial charge in [0.2, 0.25) is 11.7 Å². The minimum atomic E-state index is -0.258. The van der Waals surface area contributed by atoms with Gasteiger partial charge in [-0.2, -0.15) is 4.98 Å². The molecule has 2 aromatic heterocycles. The molecule has 0 bridgehead atoms. The maximum atomic E-state index is 5.67. The Morgan fingerprint density at radius 3 is 2.76 bits per heavy atom. The molecule has 2 N–H and O–H groups in total. The van der Waals surface area contributed by atoms with Crippen molar-refractivity contribution >= 4 is 5.82 Å². The molecule has 0 aliphatic carbocycles. The number of hydrogen-bond acceptors (Lipinski definition) is 6. The van der Waals surface area contributed by atoms with E-state index in [2.05, 4.69) is 15.1 Å². The van der Waals surface area contributed by atoms with Crippen molar-refractivity contribution in [3.05, 3.63) is 24.2 Å². The SMILES string of the molecule is CC(N)c1nc(-c2ccnc(N(C)C)c2)no1. The molecule has 17 heavy (non-hydrogen) atoms. The number of pyridine rings is 1. The van der Waals surface area contributed by atoms with Crippen LogP contribution in [0.25, 0.3) is 11.4 Å². The Morgan fingerprint density at radius 1 is 1.41 bits per heavy atom. The zero-order chi connectivity index (χ0) is 12.4. The van der Waals surface area contributed by atoms with Gasteiger partial charge in [-0.25, -0.2) is 4.98 Å². The zero-order valence-corrected chi connectivity index (χ0v) is 10.1. The second kappa shape index (κ2) is 4.50. The average molecular weight is 233 g/mol. The van der Waals surface area contributed by atoms with Gasteiger partial charge in [0, 0.05) is 25.9 Å². The summed E-state index contributed by atoms with van der Waals surface area (Å²) in [5.74, 6) is 1.81. The van der Waals surface area contributed by atoms with Crippen LogP contribution < -0.4 is 10.6 Å². The fraction of sp³-hybridized carbons (Fsp3) is 0.364. The molecule has 6 heteroatoms. The molecule has 1 atom stereocenters. The molecule has 0 spiro atoms.